The van der Waals surface area contributed by atoms with Crippen LogP contribution in [0.3, 0.4) is 0 Å². The van der Waals surface area contributed by atoms with Crippen molar-refractivity contribution in [3.63, 3.8) is 0 Å². The number of ether oxygens (including phenoxy) is 1. The Bertz CT molecular complexity index is 1560. The summed E-state index contributed by atoms with van der Waals surface area (Å²) in [5.41, 5.74) is 3.21. The van der Waals surface area contributed by atoms with Gasteiger partial charge in [0.1, 0.15) is 17.6 Å². The number of thiazole rings is 1. The smallest absolute Gasteiger partial charge is 0.301 e. The standard InChI is InChI=1S/C29H26ClN3O4S/c1-5-37-22-10-9-17(13-18(22)15(2)3)26(34)24-25(20-8-6-7-11-31-20)33(28(36)27(24)35)29-32-21-14-19(30)16(4)12-23(21)38-29/h6-15,25,34H,5H2,1-4H3/b26-24+. The van der Waals surface area contributed by atoms with E-state index < -0.39 is 17.7 Å². The molecule has 1 saturated heterocycles. The number of amides is 1. The van der Waals surface area contributed by atoms with Crippen LogP contribution in [0, 0.1) is 6.92 Å². The molecule has 1 fully saturated rings. The van der Waals surface area contributed by atoms with Gasteiger partial charge in [0.15, 0.2) is 5.13 Å². The maximum atomic E-state index is 13.5. The fourth-order valence-corrected chi connectivity index (χ4v) is 5.81. The van der Waals surface area contributed by atoms with Gasteiger partial charge >= 0.3 is 5.91 Å². The highest BCUT2D eigenvalue weighted by atomic mass is 35.5. The number of anilines is 1. The second kappa shape index (κ2) is 10.2. The molecule has 1 amide bonds. The average Bonchev–Trinajstić information content (AvgIpc) is 3.42. The third kappa shape index (κ3) is 4.44. The molecule has 0 aliphatic carbocycles. The summed E-state index contributed by atoms with van der Waals surface area (Å²) in [6.45, 7) is 8.35. The molecular formula is C29H26ClN3O4S. The molecule has 4 aromatic rings. The van der Waals surface area contributed by atoms with E-state index in [0.717, 1.165) is 15.8 Å². The molecule has 1 unspecified atom stereocenters. The Morgan fingerprint density at radius 2 is 1.97 bits per heavy atom. The second-order valence-electron chi connectivity index (χ2n) is 9.33. The van der Waals surface area contributed by atoms with Crippen molar-refractivity contribution in [2.24, 2.45) is 0 Å². The first-order valence-electron chi connectivity index (χ1n) is 12.3. The lowest BCUT2D eigenvalue weighted by atomic mass is 9.94. The number of fused-ring (bicyclic) bond motifs is 1. The molecule has 1 atom stereocenters. The molecule has 1 N–H and O–H groups in total. The summed E-state index contributed by atoms with van der Waals surface area (Å²) in [5.74, 6) is -1.03. The number of rotatable bonds is 6. The lowest BCUT2D eigenvalue weighted by molar-refractivity contribution is -0.132. The fraction of sp³-hybridized carbons (Fsp3) is 0.241. The van der Waals surface area contributed by atoms with E-state index in [2.05, 4.69) is 9.97 Å². The third-order valence-electron chi connectivity index (χ3n) is 6.48. The topological polar surface area (TPSA) is 92.6 Å². The van der Waals surface area contributed by atoms with Crippen LogP contribution in [0.1, 0.15) is 55.1 Å². The monoisotopic (exact) mass is 547 g/mol. The zero-order valence-corrected chi connectivity index (χ0v) is 22.9. The van der Waals surface area contributed by atoms with Crippen molar-refractivity contribution in [3.05, 3.63) is 87.7 Å². The molecule has 0 radical (unpaired) electrons. The zero-order chi connectivity index (χ0) is 27.1. The summed E-state index contributed by atoms with van der Waals surface area (Å²) >= 11 is 7.58. The van der Waals surface area contributed by atoms with Gasteiger partial charge in [0.25, 0.3) is 5.78 Å². The van der Waals surface area contributed by atoms with Crippen LogP contribution in [-0.4, -0.2) is 33.4 Å². The molecule has 9 heteroatoms. The number of aryl methyl sites for hydroxylation is 1. The number of hydrogen-bond donors (Lipinski definition) is 1. The van der Waals surface area contributed by atoms with Gasteiger partial charge in [-0.15, -0.1) is 0 Å². The van der Waals surface area contributed by atoms with E-state index in [9.17, 15) is 14.7 Å². The van der Waals surface area contributed by atoms with Gasteiger partial charge in [-0.05, 0) is 73.4 Å². The van der Waals surface area contributed by atoms with E-state index in [1.165, 1.54) is 16.2 Å². The van der Waals surface area contributed by atoms with Crippen molar-refractivity contribution in [3.8, 4) is 5.75 Å². The fourth-order valence-electron chi connectivity index (χ4n) is 4.58. The van der Waals surface area contributed by atoms with Gasteiger partial charge in [0.05, 0.1) is 28.1 Å². The minimum absolute atomic E-state index is 0.0407. The zero-order valence-electron chi connectivity index (χ0n) is 21.4. The number of pyridine rings is 1. The molecule has 1 aliphatic heterocycles. The molecule has 0 spiro atoms. The summed E-state index contributed by atoms with van der Waals surface area (Å²) in [6, 6.07) is 13.2. The van der Waals surface area contributed by atoms with Gasteiger partial charge in [-0.25, -0.2) is 4.98 Å². The van der Waals surface area contributed by atoms with E-state index >= 15 is 0 Å². The van der Waals surface area contributed by atoms with Crippen LogP contribution in [-0.2, 0) is 9.59 Å². The summed E-state index contributed by atoms with van der Waals surface area (Å²) in [5, 5.41) is 12.4. The largest absolute Gasteiger partial charge is 0.507 e. The van der Waals surface area contributed by atoms with E-state index in [0.29, 0.717) is 39.3 Å². The second-order valence-corrected chi connectivity index (χ2v) is 10.7. The number of Topliss-reactive ketones (excluding diaryl/α,β-unsaturated/α-hetero) is 1. The average molecular weight is 548 g/mol. The number of aliphatic hydroxyl groups is 1. The Balaban J connectivity index is 1.70. The van der Waals surface area contributed by atoms with Crippen molar-refractivity contribution in [1.29, 1.82) is 0 Å². The molecular weight excluding hydrogens is 522 g/mol. The maximum absolute atomic E-state index is 13.5. The van der Waals surface area contributed by atoms with Crippen LogP contribution in [0.4, 0.5) is 5.13 Å². The van der Waals surface area contributed by atoms with E-state index in [1.54, 1.807) is 48.7 Å². The predicted octanol–water partition coefficient (Wildman–Crippen LogP) is 6.80. The Labute approximate surface area is 229 Å². The van der Waals surface area contributed by atoms with Crippen molar-refractivity contribution in [2.75, 3.05) is 11.5 Å². The number of aliphatic hydroxyl groups excluding tert-OH is 1. The van der Waals surface area contributed by atoms with Gasteiger partial charge < -0.3 is 9.84 Å². The normalized spacial score (nSPS) is 17.1. The highest BCUT2D eigenvalue weighted by Crippen LogP contribution is 2.44. The molecule has 5 rings (SSSR count). The first-order valence-corrected chi connectivity index (χ1v) is 13.5. The van der Waals surface area contributed by atoms with Gasteiger partial charge in [-0.1, -0.05) is 42.9 Å². The number of hydrogen-bond acceptors (Lipinski definition) is 7. The Morgan fingerprint density at radius 3 is 2.66 bits per heavy atom. The number of halogens is 1. The molecule has 2 aromatic carbocycles. The van der Waals surface area contributed by atoms with Gasteiger partial charge in [0, 0.05) is 16.8 Å². The minimum atomic E-state index is -0.956. The van der Waals surface area contributed by atoms with E-state index in [1.807, 2.05) is 33.8 Å². The van der Waals surface area contributed by atoms with Gasteiger partial charge in [0.2, 0.25) is 0 Å². The van der Waals surface area contributed by atoms with E-state index in [-0.39, 0.29) is 17.3 Å². The van der Waals surface area contributed by atoms with Crippen molar-refractivity contribution < 1.29 is 19.4 Å². The number of carbonyl (C=O) groups is 2. The SMILES string of the molecule is CCOc1ccc(/C(O)=C2\C(=O)C(=O)N(c3nc4cc(Cl)c(C)cc4s3)C2c2ccccn2)cc1C(C)C. The number of aromatic nitrogens is 2. The van der Waals surface area contributed by atoms with Crippen LogP contribution >= 0.6 is 22.9 Å². The molecule has 2 aromatic heterocycles. The highest BCUT2D eigenvalue weighted by molar-refractivity contribution is 7.22. The molecule has 0 bridgehead atoms. The van der Waals surface area contributed by atoms with Crippen LogP contribution in [0.25, 0.3) is 16.0 Å². The third-order valence-corrected chi connectivity index (χ3v) is 7.91. The molecule has 3 heterocycles. The quantitative estimate of drug-likeness (QED) is 0.162. The lowest BCUT2D eigenvalue weighted by Crippen LogP contribution is -2.29. The van der Waals surface area contributed by atoms with Gasteiger partial charge in [-0.2, -0.15) is 0 Å². The van der Waals surface area contributed by atoms with Gasteiger partial charge in [-0.3, -0.25) is 19.5 Å². The summed E-state index contributed by atoms with van der Waals surface area (Å²) < 4.78 is 6.58. The summed E-state index contributed by atoms with van der Waals surface area (Å²) in [4.78, 5) is 37.4. The maximum Gasteiger partial charge on any atom is 0.301 e. The predicted molar refractivity (Wildman–Crippen MR) is 150 cm³/mol. The van der Waals surface area contributed by atoms with Crippen LogP contribution in [0.15, 0.2) is 60.3 Å². The summed E-state index contributed by atoms with van der Waals surface area (Å²) in [7, 11) is 0. The van der Waals surface area contributed by atoms with Crippen LogP contribution in [0.5, 0.6) is 5.75 Å². The van der Waals surface area contributed by atoms with Crippen molar-refractivity contribution in [2.45, 2.75) is 39.7 Å². The first-order chi connectivity index (χ1) is 18.2. The van der Waals surface area contributed by atoms with E-state index in [4.69, 9.17) is 16.3 Å². The molecule has 1 aliphatic rings. The first kappa shape index (κ1) is 25.9. The number of nitrogens with zero attached hydrogens (tertiary/aromatic N) is 3. The van der Waals surface area contributed by atoms with Crippen molar-refractivity contribution >= 4 is 55.7 Å². The Hall–Kier alpha value is -3.75. The lowest BCUT2D eigenvalue weighted by Gasteiger charge is -2.22. The van der Waals surface area contributed by atoms with Crippen LogP contribution in [0.2, 0.25) is 5.02 Å². The minimum Gasteiger partial charge on any atom is -0.507 e. The number of carbonyl (C=O) groups excluding carboxylic acids is 2. The van der Waals surface area contributed by atoms with Crippen molar-refractivity contribution in [1.82, 2.24) is 9.97 Å². The molecule has 7 nitrogen and oxygen atoms in total. The Kier molecular flexibility index (Phi) is 6.94. The highest BCUT2D eigenvalue weighted by Gasteiger charge is 2.49. The number of ketones is 1. The molecule has 0 saturated carbocycles. The number of benzene rings is 2. The molecule has 194 valence electrons. The van der Waals surface area contributed by atoms with Crippen LogP contribution < -0.4 is 9.64 Å². The molecule has 38 heavy (non-hydrogen) atoms. The Morgan fingerprint density at radius 1 is 1.18 bits per heavy atom. The summed E-state index contributed by atoms with van der Waals surface area (Å²) in [6.07, 6.45) is 1.59.